The highest BCUT2D eigenvalue weighted by atomic mass is 31.2. The first-order chi connectivity index (χ1) is 23.3. The van der Waals surface area contributed by atoms with Gasteiger partial charge in [0.15, 0.2) is 6.10 Å². The molecule has 0 bridgehead atoms. The van der Waals surface area contributed by atoms with Gasteiger partial charge in [0.05, 0.1) is 6.61 Å². The van der Waals surface area contributed by atoms with Crippen LogP contribution in [-0.4, -0.2) is 41.0 Å². The smallest absolute Gasteiger partial charge is 0.462 e. The van der Waals surface area contributed by atoms with Gasteiger partial charge in [0.2, 0.25) is 0 Å². The first kappa shape index (κ1) is 45.8. The lowest BCUT2D eigenvalue weighted by molar-refractivity contribution is -0.161. The van der Waals surface area contributed by atoms with Crippen molar-refractivity contribution in [1.82, 2.24) is 0 Å². The number of hydrogen-bond donors (Lipinski definition) is 2. The van der Waals surface area contributed by atoms with Crippen molar-refractivity contribution in [2.45, 2.75) is 161 Å². The van der Waals surface area contributed by atoms with E-state index in [1.165, 1.54) is 38.5 Å². The van der Waals surface area contributed by atoms with Gasteiger partial charge in [-0.15, -0.1) is 0 Å². The van der Waals surface area contributed by atoms with Gasteiger partial charge in [0, 0.05) is 12.8 Å². The van der Waals surface area contributed by atoms with Crippen molar-refractivity contribution in [3.63, 3.8) is 0 Å². The molecule has 0 unspecified atom stereocenters. The molecule has 0 saturated carbocycles. The van der Waals surface area contributed by atoms with E-state index in [4.69, 9.17) is 19.3 Å². The van der Waals surface area contributed by atoms with Gasteiger partial charge < -0.3 is 19.3 Å². The number of esters is 2. The summed E-state index contributed by atoms with van der Waals surface area (Å²) in [5, 5.41) is 0. The normalized spacial score (nSPS) is 13.2. The highest BCUT2D eigenvalue weighted by molar-refractivity contribution is 7.46. The molecule has 0 aromatic carbocycles. The van der Waals surface area contributed by atoms with Gasteiger partial charge in [0.25, 0.3) is 0 Å². The maximum atomic E-state index is 12.3. The fourth-order valence-electron chi connectivity index (χ4n) is 4.69. The molecule has 9 heteroatoms. The minimum atomic E-state index is -4.76. The number of carbonyl (C=O) groups is 2. The van der Waals surface area contributed by atoms with Crippen LogP contribution in [0.5, 0.6) is 0 Å². The maximum absolute atomic E-state index is 12.3. The van der Waals surface area contributed by atoms with E-state index in [-0.39, 0.29) is 19.4 Å². The molecule has 0 rings (SSSR count). The topological polar surface area (TPSA) is 119 Å². The summed E-state index contributed by atoms with van der Waals surface area (Å²) in [6.45, 7) is 3.56. The Kier molecular flexibility index (Phi) is 33.0. The van der Waals surface area contributed by atoms with E-state index in [1.54, 1.807) is 0 Å². The molecule has 0 aromatic rings. The van der Waals surface area contributed by atoms with Gasteiger partial charge in [-0.05, 0) is 77.0 Å². The number of carbonyl (C=O) groups excluding carboxylic acids is 2. The summed E-state index contributed by atoms with van der Waals surface area (Å²) < 4.78 is 26.2. The number of phosphoric ester groups is 1. The van der Waals surface area contributed by atoms with Gasteiger partial charge in [-0.1, -0.05) is 126 Å². The predicted molar refractivity (Wildman–Crippen MR) is 197 cm³/mol. The molecule has 0 amide bonds. The molecule has 0 heterocycles. The van der Waals surface area contributed by atoms with Crippen LogP contribution in [0.3, 0.4) is 0 Å². The second kappa shape index (κ2) is 34.6. The lowest BCUT2D eigenvalue weighted by atomic mass is 10.1. The quantitative estimate of drug-likeness (QED) is 0.0301. The third-order valence-corrected chi connectivity index (χ3v) is 7.99. The molecule has 0 aliphatic rings. The van der Waals surface area contributed by atoms with E-state index in [2.05, 4.69) is 79.1 Å². The van der Waals surface area contributed by atoms with Crippen molar-refractivity contribution in [3.8, 4) is 0 Å². The Labute approximate surface area is 292 Å². The molecule has 276 valence electrons. The number of ether oxygens (including phenoxy) is 2. The van der Waals surface area contributed by atoms with Gasteiger partial charge in [0.1, 0.15) is 6.61 Å². The monoisotopic (exact) mass is 694 g/mol. The van der Waals surface area contributed by atoms with Gasteiger partial charge in [-0.3, -0.25) is 14.1 Å². The van der Waals surface area contributed by atoms with Gasteiger partial charge in [-0.25, -0.2) is 4.57 Å². The molecule has 0 radical (unpaired) electrons. The number of allylic oxidation sites excluding steroid dienone is 10. The van der Waals surface area contributed by atoms with E-state index in [9.17, 15) is 14.2 Å². The van der Waals surface area contributed by atoms with Crippen molar-refractivity contribution in [1.29, 1.82) is 0 Å². The van der Waals surface area contributed by atoms with Crippen molar-refractivity contribution in [3.05, 3.63) is 60.8 Å². The molecule has 0 fully saturated rings. The molecule has 0 aliphatic heterocycles. The summed E-state index contributed by atoms with van der Waals surface area (Å²) in [5.41, 5.74) is 0. The number of hydrogen-bond acceptors (Lipinski definition) is 6. The first-order valence-corrected chi connectivity index (χ1v) is 20.1. The van der Waals surface area contributed by atoms with Crippen molar-refractivity contribution < 1.29 is 37.9 Å². The summed E-state index contributed by atoms with van der Waals surface area (Å²) in [5.74, 6) is -0.939. The third-order valence-electron chi connectivity index (χ3n) is 7.51. The summed E-state index contributed by atoms with van der Waals surface area (Å²) in [7, 11) is -4.76. The SMILES string of the molecule is CCCC/C=C\CCCCCCCC(=O)OC[C@H](COP(=O)(O)O)OC(=O)CCCCC/C=C\C/C=C\C/C=C\C/C=C\CCCCC. The zero-order valence-corrected chi connectivity index (χ0v) is 31.0. The standard InChI is InChI=1S/C39H67O8P/c1-3-5-7-9-11-13-15-16-17-18-19-20-21-22-24-26-28-30-32-34-39(41)47-37(36-46-48(42,43)44)35-45-38(40)33-31-29-27-25-23-14-12-10-8-6-4-2/h10-13,16-17,19-20,22,24,37H,3-9,14-15,18,21,23,25-36H2,1-2H3,(H2,42,43,44)/b12-10-,13-11-,17-16-,20-19-,24-22-/t37-/m1/s1. The second-order valence-corrected chi connectivity index (χ2v) is 13.4. The summed E-state index contributed by atoms with van der Waals surface area (Å²) >= 11 is 0. The van der Waals surface area contributed by atoms with Gasteiger partial charge in [-0.2, -0.15) is 0 Å². The molecule has 2 N–H and O–H groups in total. The Morgan fingerprint density at radius 3 is 1.50 bits per heavy atom. The number of phosphoric acid groups is 1. The Morgan fingerprint density at radius 1 is 0.542 bits per heavy atom. The minimum absolute atomic E-state index is 0.170. The minimum Gasteiger partial charge on any atom is -0.462 e. The fourth-order valence-corrected chi connectivity index (χ4v) is 5.05. The Morgan fingerprint density at radius 2 is 0.958 bits per heavy atom. The zero-order valence-electron chi connectivity index (χ0n) is 30.1. The molecule has 0 aromatic heterocycles. The lowest BCUT2D eigenvalue weighted by Gasteiger charge is -2.18. The molecule has 1 atom stereocenters. The maximum Gasteiger partial charge on any atom is 0.469 e. The van der Waals surface area contributed by atoms with Crippen molar-refractivity contribution in [2.75, 3.05) is 13.2 Å². The molecule has 8 nitrogen and oxygen atoms in total. The molecular formula is C39H67O8P. The molecule has 48 heavy (non-hydrogen) atoms. The van der Waals surface area contributed by atoms with Crippen LogP contribution in [0.2, 0.25) is 0 Å². The van der Waals surface area contributed by atoms with Crippen LogP contribution in [0.15, 0.2) is 60.8 Å². The largest absolute Gasteiger partial charge is 0.469 e. The highest BCUT2D eigenvalue weighted by Crippen LogP contribution is 2.35. The Hall–Kier alpha value is -2.25. The van der Waals surface area contributed by atoms with Crippen LogP contribution in [0.1, 0.15) is 155 Å². The van der Waals surface area contributed by atoms with Crippen LogP contribution in [0.25, 0.3) is 0 Å². The van der Waals surface area contributed by atoms with Crippen molar-refractivity contribution in [2.24, 2.45) is 0 Å². The first-order valence-electron chi connectivity index (χ1n) is 18.6. The van der Waals surface area contributed by atoms with E-state index in [0.717, 1.165) is 77.0 Å². The third kappa shape index (κ3) is 36.6. The van der Waals surface area contributed by atoms with Crippen LogP contribution < -0.4 is 0 Å². The van der Waals surface area contributed by atoms with E-state index in [0.29, 0.717) is 12.8 Å². The zero-order chi connectivity index (χ0) is 35.4. The molecule has 0 spiro atoms. The second-order valence-electron chi connectivity index (χ2n) is 12.2. The number of unbranched alkanes of at least 4 members (excludes halogenated alkanes) is 13. The van der Waals surface area contributed by atoms with E-state index in [1.807, 2.05) is 0 Å². The molecular weight excluding hydrogens is 627 g/mol. The summed E-state index contributed by atoms with van der Waals surface area (Å²) in [6.07, 6.45) is 42.3. The van der Waals surface area contributed by atoms with Crippen LogP contribution in [0, 0.1) is 0 Å². The fraction of sp³-hybridized carbons (Fsp3) is 0.692. The van der Waals surface area contributed by atoms with Crippen molar-refractivity contribution >= 4 is 19.8 Å². The highest BCUT2D eigenvalue weighted by Gasteiger charge is 2.22. The Bertz CT molecular complexity index is 963. The van der Waals surface area contributed by atoms with Crippen LogP contribution in [0.4, 0.5) is 0 Å². The summed E-state index contributed by atoms with van der Waals surface area (Å²) in [6, 6.07) is 0. The molecule has 0 aliphatic carbocycles. The van der Waals surface area contributed by atoms with Crippen LogP contribution in [-0.2, 0) is 28.2 Å². The van der Waals surface area contributed by atoms with E-state index < -0.39 is 32.5 Å². The molecule has 0 saturated heterocycles. The Balaban J connectivity index is 4.07. The number of rotatable bonds is 33. The van der Waals surface area contributed by atoms with Gasteiger partial charge >= 0.3 is 19.8 Å². The average molecular weight is 695 g/mol. The van der Waals surface area contributed by atoms with E-state index >= 15 is 0 Å². The predicted octanol–water partition coefficient (Wildman–Crippen LogP) is 11.0. The summed E-state index contributed by atoms with van der Waals surface area (Å²) in [4.78, 5) is 42.6. The lowest BCUT2D eigenvalue weighted by Crippen LogP contribution is -2.29. The van der Waals surface area contributed by atoms with Crippen LogP contribution >= 0.6 is 7.82 Å². The average Bonchev–Trinajstić information content (AvgIpc) is 3.05.